The van der Waals surface area contributed by atoms with E-state index in [4.69, 9.17) is 0 Å². The van der Waals surface area contributed by atoms with Crippen LogP contribution in [0.5, 0.6) is 0 Å². The van der Waals surface area contributed by atoms with E-state index in [1.54, 1.807) is 0 Å². The first-order valence-corrected chi connectivity index (χ1v) is 8.05. The van der Waals surface area contributed by atoms with Gasteiger partial charge in [-0.1, -0.05) is 23.8 Å². The number of nitrogens with zero attached hydrogens (tertiary/aromatic N) is 1. The molecule has 0 spiro atoms. The number of carbonyl (C=O) groups is 2. The molecule has 1 fully saturated rings. The Morgan fingerprint density at radius 2 is 1.83 bits per heavy atom. The van der Waals surface area contributed by atoms with E-state index in [9.17, 15) is 9.59 Å². The van der Waals surface area contributed by atoms with Crippen molar-refractivity contribution in [3.8, 4) is 0 Å². The predicted molar refractivity (Wildman–Crippen MR) is 96.3 cm³/mol. The van der Waals surface area contributed by atoms with Crippen LogP contribution in [-0.2, 0) is 9.59 Å². The summed E-state index contributed by atoms with van der Waals surface area (Å²) in [7, 11) is 0. The van der Waals surface area contributed by atoms with E-state index < -0.39 is 0 Å². The van der Waals surface area contributed by atoms with Crippen molar-refractivity contribution in [3.63, 3.8) is 0 Å². The highest BCUT2D eigenvalue weighted by molar-refractivity contribution is 6.01. The summed E-state index contributed by atoms with van der Waals surface area (Å²) < 4.78 is 0. The summed E-state index contributed by atoms with van der Waals surface area (Å²) >= 11 is 0. The first kappa shape index (κ1) is 16.1. The largest absolute Gasteiger partial charge is 0.374 e. The number of aryl methyl sites for hydroxylation is 1. The van der Waals surface area contributed by atoms with Gasteiger partial charge in [-0.05, 0) is 43.7 Å². The van der Waals surface area contributed by atoms with Crippen molar-refractivity contribution >= 4 is 28.9 Å². The van der Waals surface area contributed by atoms with E-state index in [1.165, 1.54) is 12.5 Å². The van der Waals surface area contributed by atoms with Gasteiger partial charge in [-0.3, -0.25) is 9.59 Å². The molecule has 0 aromatic heterocycles. The van der Waals surface area contributed by atoms with E-state index in [-0.39, 0.29) is 17.9 Å². The third-order valence-corrected chi connectivity index (χ3v) is 4.07. The van der Waals surface area contributed by atoms with Crippen LogP contribution in [-0.4, -0.2) is 24.4 Å². The second-order valence-electron chi connectivity index (χ2n) is 6.07. The molecule has 5 heteroatoms. The number of rotatable bonds is 4. The Morgan fingerprint density at radius 1 is 1.12 bits per heavy atom. The summed E-state index contributed by atoms with van der Waals surface area (Å²) in [6.07, 6.45) is 0.747. The highest BCUT2D eigenvalue weighted by Crippen LogP contribution is 2.25. The quantitative estimate of drug-likeness (QED) is 0.908. The van der Waals surface area contributed by atoms with Gasteiger partial charge in [0.05, 0.1) is 0 Å². The van der Waals surface area contributed by atoms with Crippen LogP contribution >= 0.6 is 0 Å². The van der Waals surface area contributed by atoms with Crippen molar-refractivity contribution in [3.05, 3.63) is 54.1 Å². The molecule has 1 atom stereocenters. The molecule has 1 unspecified atom stereocenters. The number of anilines is 3. The average molecular weight is 323 g/mol. The zero-order valence-electron chi connectivity index (χ0n) is 13.9. The summed E-state index contributed by atoms with van der Waals surface area (Å²) in [5.41, 5.74) is 3.65. The first-order valence-electron chi connectivity index (χ1n) is 8.05. The summed E-state index contributed by atoms with van der Waals surface area (Å²) in [4.78, 5) is 25.6. The van der Waals surface area contributed by atoms with Crippen molar-refractivity contribution in [2.24, 2.45) is 0 Å². The van der Waals surface area contributed by atoms with E-state index in [0.29, 0.717) is 12.2 Å². The third-order valence-electron chi connectivity index (χ3n) is 4.07. The van der Waals surface area contributed by atoms with Crippen LogP contribution in [0.2, 0.25) is 0 Å². The Kier molecular flexibility index (Phi) is 4.51. The Labute approximate surface area is 141 Å². The lowest BCUT2D eigenvalue weighted by molar-refractivity contribution is -0.117. The van der Waals surface area contributed by atoms with Gasteiger partial charge in [0, 0.05) is 30.5 Å². The van der Waals surface area contributed by atoms with Crippen molar-refractivity contribution in [1.29, 1.82) is 0 Å². The molecule has 1 aliphatic heterocycles. The van der Waals surface area contributed by atoms with E-state index in [2.05, 4.69) is 10.6 Å². The number of benzene rings is 2. The zero-order valence-corrected chi connectivity index (χ0v) is 13.9. The second-order valence-corrected chi connectivity index (χ2v) is 6.07. The molecule has 2 N–H and O–H groups in total. The molecule has 0 saturated carbocycles. The normalized spacial score (nSPS) is 17.0. The molecule has 3 rings (SSSR count). The van der Waals surface area contributed by atoms with Gasteiger partial charge in [-0.15, -0.1) is 0 Å². The maximum atomic E-state index is 12.7. The summed E-state index contributed by atoms with van der Waals surface area (Å²) in [6, 6.07) is 15.1. The fourth-order valence-corrected chi connectivity index (χ4v) is 2.89. The molecule has 1 heterocycles. The van der Waals surface area contributed by atoms with Crippen molar-refractivity contribution in [2.75, 3.05) is 22.1 Å². The standard InChI is InChI=1S/C19H21N3O2/c1-13-6-8-17(9-7-13)22-11-10-18(19(22)24)21-16-5-3-4-15(12-16)20-14(2)23/h3-9,12,18,21H,10-11H2,1-2H3,(H,20,23). The van der Waals surface area contributed by atoms with Crippen LogP contribution < -0.4 is 15.5 Å². The molecular formula is C19H21N3O2. The molecule has 5 nitrogen and oxygen atoms in total. The highest BCUT2D eigenvalue weighted by Gasteiger charge is 2.32. The third kappa shape index (κ3) is 3.56. The highest BCUT2D eigenvalue weighted by atomic mass is 16.2. The number of hydrogen-bond donors (Lipinski definition) is 2. The molecule has 0 aliphatic carbocycles. The van der Waals surface area contributed by atoms with E-state index in [0.717, 1.165) is 17.8 Å². The zero-order chi connectivity index (χ0) is 17.1. The van der Waals surface area contributed by atoms with Crippen LogP contribution in [0.4, 0.5) is 17.1 Å². The minimum Gasteiger partial charge on any atom is -0.374 e. The fraction of sp³-hybridized carbons (Fsp3) is 0.263. The first-order chi connectivity index (χ1) is 11.5. The smallest absolute Gasteiger partial charge is 0.249 e. The van der Waals surface area contributed by atoms with E-state index >= 15 is 0 Å². The van der Waals surface area contributed by atoms with Gasteiger partial charge in [-0.2, -0.15) is 0 Å². The average Bonchev–Trinajstić information content (AvgIpc) is 2.89. The van der Waals surface area contributed by atoms with Gasteiger partial charge in [0.1, 0.15) is 6.04 Å². The molecule has 2 aromatic rings. The SMILES string of the molecule is CC(=O)Nc1cccc(NC2CCN(c3ccc(C)cc3)C2=O)c1. The number of nitrogens with one attached hydrogen (secondary N) is 2. The monoisotopic (exact) mass is 323 g/mol. The molecule has 1 aliphatic rings. The molecule has 124 valence electrons. The maximum absolute atomic E-state index is 12.7. The Morgan fingerprint density at radius 3 is 2.54 bits per heavy atom. The summed E-state index contributed by atoms with van der Waals surface area (Å²) in [5.74, 6) is -0.0431. The Hall–Kier alpha value is -2.82. The maximum Gasteiger partial charge on any atom is 0.249 e. The minimum absolute atomic E-state index is 0.0729. The van der Waals surface area contributed by atoms with Crippen LogP contribution in [0.25, 0.3) is 0 Å². The Balaban J connectivity index is 1.69. The number of amides is 2. The molecule has 2 amide bonds. The van der Waals surface area contributed by atoms with Gasteiger partial charge in [0.15, 0.2) is 0 Å². The number of hydrogen-bond acceptors (Lipinski definition) is 3. The molecular weight excluding hydrogens is 302 g/mol. The van der Waals surface area contributed by atoms with Crippen LogP contribution in [0.3, 0.4) is 0 Å². The van der Waals surface area contributed by atoms with Crippen molar-refractivity contribution in [2.45, 2.75) is 26.3 Å². The molecule has 2 aromatic carbocycles. The summed E-state index contributed by atoms with van der Waals surface area (Å²) in [6.45, 7) is 4.20. The van der Waals surface area contributed by atoms with Crippen molar-refractivity contribution in [1.82, 2.24) is 0 Å². The molecule has 0 bridgehead atoms. The molecule has 1 saturated heterocycles. The minimum atomic E-state index is -0.251. The fourth-order valence-electron chi connectivity index (χ4n) is 2.89. The number of carbonyl (C=O) groups excluding carboxylic acids is 2. The lowest BCUT2D eigenvalue weighted by Crippen LogP contribution is -2.33. The lowest BCUT2D eigenvalue weighted by Gasteiger charge is -2.18. The van der Waals surface area contributed by atoms with Gasteiger partial charge in [0.25, 0.3) is 0 Å². The Bertz CT molecular complexity index is 755. The van der Waals surface area contributed by atoms with Gasteiger partial charge in [-0.25, -0.2) is 0 Å². The van der Waals surface area contributed by atoms with Gasteiger partial charge < -0.3 is 15.5 Å². The predicted octanol–water partition coefficient (Wildman–Crippen LogP) is 3.17. The van der Waals surface area contributed by atoms with Crippen LogP contribution in [0.1, 0.15) is 18.9 Å². The van der Waals surface area contributed by atoms with Crippen LogP contribution in [0.15, 0.2) is 48.5 Å². The van der Waals surface area contributed by atoms with Gasteiger partial charge >= 0.3 is 0 Å². The molecule has 0 radical (unpaired) electrons. The van der Waals surface area contributed by atoms with Crippen molar-refractivity contribution < 1.29 is 9.59 Å². The van der Waals surface area contributed by atoms with Gasteiger partial charge in [0.2, 0.25) is 11.8 Å². The lowest BCUT2D eigenvalue weighted by atomic mass is 10.2. The second kappa shape index (κ2) is 6.74. The molecule has 24 heavy (non-hydrogen) atoms. The van der Waals surface area contributed by atoms with E-state index in [1.807, 2.05) is 60.4 Å². The summed E-state index contributed by atoms with van der Waals surface area (Å²) in [5, 5.41) is 6.02. The topological polar surface area (TPSA) is 61.4 Å². The van der Waals surface area contributed by atoms with Crippen LogP contribution in [0, 0.1) is 6.92 Å².